The molecule has 0 aliphatic carbocycles. The molecule has 0 aliphatic rings. The van der Waals surface area contributed by atoms with E-state index in [1.807, 2.05) is 154 Å². The summed E-state index contributed by atoms with van der Waals surface area (Å²) in [6, 6.07) is 49.2. The van der Waals surface area contributed by atoms with Gasteiger partial charge in [-0.05, 0) is 224 Å². The molecule has 6 heterocycles. The third-order valence-electron chi connectivity index (χ3n) is 20.4. The van der Waals surface area contributed by atoms with Crippen LogP contribution in [0.1, 0.15) is 190 Å². The molecule has 4 unspecified atom stereocenters. The number of aryl methyl sites for hydroxylation is 6. The van der Waals surface area contributed by atoms with Gasteiger partial charge in [0.05, 0.1) is 90.9 Å². The SMILES string of the molecule is CCC(C)C(NC(=O)c1ccc(C)cc1CCCN)c1cc2c(Cl)c(C)nn2c(=O)n1Cc1ccccc1.Cc1nn2c(=O)n(Cc3ccccc3)c(C(C(C)C)N(CCCN)C(=O)c3ccc(Cl)cc3)cc2c1Br.Cc1nn2c(=O)n(Cc3ccccc3)c(C(NC(=O)c3ccc(C(F)(F)F)cc3CCCN)C(C)C)cc2c1Br. The van der Waals surface area contributed by atoms with E-state index in [-0.39, 0.29) is 77.3 Å². The molecule has 0 spiro atoms. The standard InChI is InChI=1S/C30H36ClN5O2.C29H31BrF3N5O2.C28H31BrClN5O2/c1-5-20(3)28(33-29(37)24-14-13-19(2)16-23(24)12-9-15-32)26-17-25-27(31)21(4)34-36(25)30(38)35(26)18-22-10-7-6-8-11-22;1-17(2)26(35-27(39)22-12-11-21(29(31,32)33)14-20(22)10-7-13-34)24-15-23-25(30)18(3)36-38(23)28(40)37(24)16-19-8-5-4-6-9-19;1-18(2)26(33(15-7-14-31)27(36)21-10-12-22(30)13-11-21)24-16-23-25(29)19(3)32-35(23)28(37)34(24)17-20-8-5-4-6-9-20/h6-8,10-11,13-14,16-17,20,28H,5,9,12,15,18,32H2,1-4H3,(H,33,37);4-6,8-9,11-12,14-15,17,26H,7,10,13,16,34H2,1-3H3,(H,35,39);4-6,8-13,16,18,26H,7,14-15,17,31H2,1-3H3. The quantitative estimate of drug-likeness (QED) is 0.0306. The third-order valence-corrected chi connectivity index (χ3v) is 23.1. The molecule has 6 aromatic heterocycles. The summed E-state index contributed by atoms with van der Waals surface area (Å²) in [5.41, 5.74) is 27.7. The number of alkyl halides is 3. The molecule has 0 saturated carbocycles. The number of nitrogens with one attached hydrogen (secondary N) is 2. The zero-order valence-corrected chi connectivity index (χ0v) is 70.8. The first kappa shape index (κ1) is 87.6. The van der Waals surface area contributed by atoms with Gasteiger partial charge in [0.2, 0.25) is 0 Å². The van der Waals surface area contributed by atoms with Gasteiger partial charge < -0.3 is 32.7 Å². The van der Waals surface area contributed by atoms with Crippen LogP contribution >= 0.6 is 55.1 Å². The van der Waals surface area contributed by atoms with Crippen molar-refractivity contribution in [2.24, 2.45) is 35.0 Å². The Balaban J connectivity index is 0.000000182. The largest absolute Gasteiger partial charge is 0.416 e. The first-order valence-electron chi connectivity index (χ1n) is 38.4. The molecule has 4 atom stereocenters. The first-order chi connectivity index (χ1) is 54.9. The molecule has 28 heteroatoms. The van der Waals surface area contributed by atoms with Crippen molar-refractivity contribution in [3.05, 3.63) is 310 Å². The molecule has 6 aromatic carbocycles. The average molecular weight is 1740 g/mol. The minimum absolute atomic E-state index is 0.000641. The van der Waals surface area contributed by atoms with E-state index in [0.29, 0.717) is 111 Å². The monoisotopic (exact) mass is 1730 g/mol. The fraction of sp³-hybridized carbons (Fsp3) is 0.345. The number of aromatic nitrogens is 9. The van der Waals surface area contributed by atoms with E-state index in [4.69, 9.17) is 40.4 Å². The number of hydrogen-bond donors (Lipinski definition) is 5. The van der Waals surface area contributed by atoms with Crippen LogP contribution < -0.4 is 44.9 Å². The van der Waals surface area contributed by atoms with E-state index in [2.05, 4.69) is 91.6 Å². The average Bonchev–Trinajstić information content (AvgIpc) is 1.66. The smallest absolute Gasteiger partial charge is 0.343 e. The normalized spacial score (nSPS) is 12.7. The highest BCUT2D eigenvalue weighted by atomic mass is 79.9. The zero-order chi connectivity index (χ0) is 83.3. The minimum Gasteiger partial charge on any atom is -0.343 e. The van der Waals surface area contributed by atoms with E-state index in [1.165, 1.54) is 19.6 Å². The van der Waals surface area contributed by atoms with Crippen molar-refractivity contribution >= 4 is 89.3 Å². The minimum atomic E-state index is -4.54. The Labute approximate surface area is 693 Å². The summed E-state index contributed by atoms with van der Waals surface area (Å²) in [5.74, 6) is -0.952. The van der Waals surface area contributed by atoms with Crippen molar-refractivity contribution in [3.8, 4) is 0 Å². The molecule has 0 saturated heterocycles. The molecule has 0 radical (unpaired) electrons. The van der Waals surface area contributed by atoms with E-state index >= 15 is 0 Å². The topological polar surface area (TPSA) is 274 Å². The number of carbonyl (C=O) groups excluding carboxylic acids is 3. The number of fused-ring (bicyclic) bond motifs is 3. The lowest BCUT2D eigenvalue weighted by molar-refractivity contribution is -0.137. The Kier molecular flexibility index (Phi) is 29.9. The summed E-state index contributed by atoms with van der Waals surface area (Å²) in [6.45, 7) is 22.2. The van der Waals surface area contributed by atoms with Crippen LogP contribution in [0, 0.1) is 45.4 Å². The Morgan fingerprint density at radius 2 is 0.930 bits per heavy atom. The number of nitrogens with two attached hydrogens (primary N) is 3. The van der Waals surface area contributed by atoms with Gasteiger partial charge in [-0.3, -0.25) is 28.1 Å². The van der Waals surface area contributed by atoms with Gasteiger partial charge in [-0.25, -0.2) is 14.4 Å². The van der Waals surface area contributed by atoms with Crippen LogP contribution in [0.4, 0.5) is 13.2 Å². The summed E-state index contributed by atoms with van der Waals surface area (Å²) in [6.07, 6.45) is -0.931. The highest BCUT2D eigenvalue weighted by molar-refractivity contribution is 9.11. The Bertz CT molecular complexity index is 5610. The predicted octanol–water partition coefficient (Wildman–Crippen LogP) is 16.3. The molecule has 115 heavy (non-hydrogen) atoms. The second-order valence-corrected chi connectivity index (χ2v) is 31.9. The maximum absolute atomic E-state index is 13.9. The van der Waals surface area contributed by atoms with E-state index in [1.54, 1.807) is 51.8 Å². The maximum atomic E-state index is 13.9. The number of amides is 3. The van der Waals surface area contributed by atoms with Gasteiger partial charge in [0, 0.05) is 45.3 Å². The van der Waals surface area contributed by atoms with Crippen molar-refractivity contribution in [1.29, 1.82) is 0 Å². The van der Waals surface area contributed by atoms with Gasteiger partial charge in [-0.1, -0.05) is 180 Å². The lowest BCUT2D eigenvalue weighted by atomic mass is 9.93. The lowest BCUT2D eigenvalue weighted by Crippen LogP contribution is -2.42. The number of halogens is 7. The van der Waals surface area contributed by atoms with Crippen molar-refractivity contribution < 1.29 is 27.6 Å². The van der Waals surface area contributed by atoms with Crippen molar-refractivity contribution in [2.45, 2.75) is 152 Å². The van der Waals surface area contributed by atoms with E-state index in [9.17, 15) is 41.9 Å². The van der Waals surface area contributed by atoms with Gasteiger partial charge in [-0.2, -0.15) is 42.0 Å². The lowest BCUT2D eigenvalue weighted by Gasteiger charge is -2.36. The Morgan fingerprint density at radius 3 is 1.38 bits per heavy atom. The summed E-state index contributed by atoms with van der Waals surface area (Å²) < 4.78 is 50.8. The number of hydrogen-bond acceptors (Lipinski definition) is 12. The zero-order valence-electron chi connectivity index (χ0n) is 66.1. The van der Waals surface area contributed by atoms with Crippen LogP contribution in [0.3, 0.4) is 0 Å². The van der Waals surface area contributed by atoms with Gasteiger partial charge in [0.25, 0.3) is 17.7 Å². The highest BCUT2D eigenvalue weighted by Crippen LogP contribution is 2.37. The molecular weight excluding hydrogens is 1640 g/mol. The van der Waals surface area contributed by atoms with Gasteiger partial charge in [0.1, 0.15) is 0 Å². The number of nitrogens with zero attached hydrogens (tertiary/aromatic N) is 10. The molecule has 8 N–H and O–H groups in total. The molecule has 0 bridgehead atoms. The number of carbonyl (C=O) groups is 3. The molecule has 0 fully saturated rings. The van der Waals surface area contributed by atoms with Gasteiger partial charge in [0.15, 0.2) is 0 Å². The van der Waals surface area contributed by atoms with Crippen LogP contribution in [-0.2, 0) is 38.7 Å². The molecule has 606 valence electrons. The van der Waals surface area contributed by atoms with Crippen LogP contribution in [0.5, 0.6) is 0 Å². The van der Waals surface area contributed by atoms with Crippen molar-refractivity contribution in [3.63, 3.8) is 0 Å². The fourth-order valence-electron chi connectivity index (χ4n) is 14.2. The second kappa shape index (κ2) is 39.2. The molecule has 12 rings (SSSR count). The molecule has 3 amide bonds. The molecule has 12 aromatic rings. The maximum Gasteiger partial charge on any atom is 0.416 e. The number of rotatable bonds is 28. The molecule has 21 nitrogen and oxygen atoms in total. The van der Waals surface area contributed by atoms with Crippen molar-refractivity contribution in [2.75, 3.05) is 26.2 Å². The number of benzene rings is 6. The predicted molar refractivity (Wildman–Crippen MR) is 455 cm³/mol. The third kappa shape index (κ3) is 20.5. The van der Waals surface area contributed by atoms with Crippen LogP contribution in [-0.4, -0.2) is 91.3 Å². The van der Waals surface area contributed by atoms with Crippen LogP contribution in [0.15, 0.2) is 193 Å². The Morgan fingerprint density at radius 1 is 0.513 bits per heavy atom. The summed E-state index contributed by atoms with van der Waals surface area (Å²) in [5, 5.41) is 20.5. The van der Waals surface area contributed by atoms with Gasteiger partial charge in [-0.15, -0.1) is 0 Å². The molecule has 0 aliphatic heterocycles. The fourth-order valence-corrected chi connectivity index (χ4v) is 15.2. The summed E-state index contributed by atoms with van der Waals surface area (Å²) >= 11 is 19.8. The Hall–Kier alpha value is -9.80. The van der Waals surface area contributed by atoms with Crippen LogP contribution in [0.2, 0.25) is 10.0 Å². The molecular formula is C87H98Br2Cl2F3N15O6. The van der Waals surface area contributed by atoms with E-state index in [0.717, 1.165) is 75.1 Å². The van der Waals surface area contributed by atoms with Crippen molar-refractivity contribution in [1.82, 2.24) is 58.1 Å². The first-order valence-corrected chi connectivity index (χ1v) is 40.8. The summed E-state index contributed by atoms with van der Waals surface area (Å²) in [7, 11) is 0. The van der Waals surface area contributed by atoms with E-state index < -0.39 is 35.8 Å². The van der Waals surface area contributed by atoms with Crippen LogP contribution in [0.25, 0.3) is 16.6 Å². The highest BCUT2D eigenvalue weighted by Gasteiger charge is 2.36. The van der Waals surface area contributed by atoms with Gasteiger partial charge >= 0.3 is 23.2 Å². The second-order valence-electron chi connectivity index (χ2n) is 29.5. The summed E-state index contributed by atoms with van der Waals surface area (Å²) in [4.78, 5) is 84.5.